The molecule has 0 radical (unpaired) electrons. The van der Waals surface area contributed by atoms with Gasteiger partial charge in [-0.25, -0.2) is 14.4 Å². The Hall–Kier alpha value is -3.29. The zero-order valence-electron chi connectivity index (χ0n) is 17.4. The fourth-order valence-corrected chi connectivity index (χ4v) is 3.89. The summed E-state index contributed by atoms with van der Waals surface area (Å²) in [5.74, 6) is 0.383. The molecule has 1 fully saturated rings. The van der Waals surface area contributed by atoms with Crippen LogP contribution in [0.3, 0.4) is 0 Å². The van der Waals surface area contributed by atoms with Crippen LogP contribution in [0, 0.1) is 12.7 Å². The second-order valence-electron chi connectivity index (χ2n) is 7.87. The van der Waals surface area contributed by atoms with Crippen molar-refractivity contribution in [3.05, 3.63) is 59.4 Å². The minimum atomic E-state index is -0.281. The number of nitrogens with zero attached hydrogens (tertiary/aromatic N) is 5. The van der Waals surface area contributed by atoms with Gasteiger partial charge in [-0.15, -0.1) is 0 Å². The quantitative estimate of drug-likeness (QED) is 0.716. The van der Waals surface area contributed by atoms with E-state index in [-0.39, 0.29) is 17.6 Å². The van der Waals surface area contributed by atoms with Gasteiger partial charge in [-0.05, 0) is 37.5 Å². The Morgan fingerprint density at radius 2 is 2.00 bits per heavy atom. The number of H-pyrrole nitrogens is 1. The molecule has 1 aromatic carbocycles. The molecule has 1 aliphatic heterocycles. The van der Waals surface area contributed by atoms with E-state index in [9.17, 15) is 9.18 Å². The van der Waals surface area contributed by atoms with Crippen LogP contribution >= 0.6 is 0 Å². The van der Waals surface area contributed by atoms with Gasteiger partial charge in [-0.2, -0.15) is 5.10 Å². The van der Waals surface area contributed by atoms with Crippen molar-refractivity contribution in [3.8, 4) is 11.1 Å². The normalized spacial score (nSPS) is 16.5. The van der Waals surface area contributed by atoms with Crippen LogP contribution in [0.2, 0.25) is 0 Å². The van der Waals surface area contributed by atoms with Gasteiger partial charge in [0.25, 0.3) is 5.91 Å². The molecule has 30 heavy (non-hydrogen) atoms. The monoisotopic (exact) mass is 408 g/mol. The standard InChI is InChI=1S/C22H25FN6O/c1-14-18(12-25-27-14)21(30)29-10-4-5-16(13-29)20-19(11-24-22(26-20)28(2)3)15-6-8-17(23)9-7-15/h6-9,11-12,16H,4-5,10,13H2,1-3H3,(H,25,27). The molecule has 0 bridgehead atoms. The van der Waals surface area contributed by atoms with Crippen molar-refractivity contribution in [1.82, 2.24) is 25.1 Å². The summed E-state index contributed by atoms with van der Waals surface area (Å²) >= 11 is 0. The first kappa shape index (κ1) is 20.0. The fraction of sp³-hybridized carbons (Fsp3) is 0.364. The van der Waals surface area contributed by atoms with E-state index in [1.165, 1.54) is 12.1 Å². The van der Waals surface area contributed by atoms with E-state index in [0.29, 0.717) is 24.6 Å². The predicted octanol–water partition coefficient (Wildman–Crippen LogP) is 3.40. The maximum absolute atomic E-state index is 13.4. The van der Waals surface area contributed by atoms with Gasteiger partial charge in [0.2, 0.25) is 5.95 Å². The fourth-order valence-electron chi connectivity index (χ4n) is 3.89. The van der Waals surface area contributed by atoms with Crippen LogP contribution in [-0.4, -0.2) is 58.2 Å². The molecule has 7 nitrogen and oxygen atoms in total. The topological polar surface area (TPSA) is 78.0 Å². The van der Waals surface area contributed by atoms with Gasteiger partial charge in [0.05, 0.1) is 17.5 Å². The number of benzene rings is 1. The molecule has 1 N–H and O–H groups in total. The molecule has 3 aromatic rings. The summed E-state index contributed by atoms with van der Waals surface area (Å²) in [6, 6.07) is 6.37. The Labute approximate surface area is 175 Å². The molecule has 1 saturated heterocycles. The number of aromatic amines is 1. The van der Waals surface area contributed by atoms with Crippen LogP contribution in [0.4, 0.5) is 10.3 Å². The zero-order chi connectivity index (χ0) is 21.3. The second-order valence-corrected chi connectivity index (χ2v) is 7.87. The van der Waals surface area contributed by atoms with Gasteiger partial charge in [0.15, 0.2) is 0 Å². The van der Waals surface area contributed by atoms with Crippen molar-refractivity contribution < 1.29 is 9.18 Å². The minimum Gasteiger partial charge on any atom is -0.347 e. The highest BCUT2D eigenvalue weighted by molar-refractivity contribution is 5.95. The predicted molar refractivity (Wildman–Crippen MR) is 113 cm³/mol. The smallest absolute Gasteiger partial charge is 0.257 e. The summed E-state index contributed by atoms with van der Waals surface area (Å²) in [6.07, 6.45) is 5.19. The Kier molecular flexibility index (Phi) is 5.48. The molecule has 1 atom stereocenters. The average molecular weight is 408 g/mol. The first-order chi connectivity index (χ1) is 14.4. The Balaban J connectivity index is 1.69. The number of carbonyl (C=O) groups is 1. The van der Waals surface area contributed by atoms with Crippen molar-refractivity contribution in [2.24, 2.45) is 0 Å². The molecule has 3 heterocycles. The maximum atomic E-state index is 13.4. The Bertz CT molecular complexity index is 1050. The number of nitrogens with one attached hydrogen (secondary N) is 1. The highest BCUT2D eigenvalue weighted by atomic mass is 19.1. The number of hydrogen-bond acceptors (Lipinski definition) is 5. The molecule has 4 rings (SSSR count). The molecule has 2 aromatic heterocycles. The zero-order valence-corrected chi connectivity index (χ0v) is 17.4. The van der Waals surface area contributed by atoms with Crippen LogP contribution < -0.4 is 4.90 Å². The van der Waals surface area contributed by atoms with E-state index >= 15 is 0 Å². The van der Waals surface area contributed by atoms with Crippen LogP contribution in [0.5, 0.6) is 0 Å². The van der Waals surface area contributed by atoms with E-state index in [0.717, 1.165) is 35.4 Å². The molecule has 1 amide bonds. The highest BCUT2D eigenvalue weighted by Gasteiger charge is 2.29. The number of amides is 1. The number of piperidine rings is 1. The number of halogens is 1. The minimum absolute atomic E-state index is 0.0174. The third-order valence-electron chi connectivity index (χ3n) is 5.52. The van der Waals surface area contributed by atoms with Gasteiger partial charge in [0, 0.05) is 50.6 Å². The number of rotatable bonds is 4. The van der Waals surface area contributed by atoms with Crippen LogP contribution in [0.1, 0.15) is 40.5 Å². The Morgan fingerprint density at radius 3 is 2.67 bits per heavy atom. The number of likely N-dealkylation sites (tertiary alicyclic amines) is 1. The molecule has 0 spiro atoms. The van der Waals surface area contributed by atoms with E-state index in [1.54, 1.807) is 24.5 Å². The third-order valence-corrected chi connectivity index (χ3v) is 5.52. The van der Waals surface area contributed by atoms with Crippen LogP contribution in [-0.2, 0) is 0 Å². The lowest BCUT2D eigenvalue weighted by atomic mass is 9.89. The molecule has 8 heteroatoms. The van der Waals surface area contributed by atoms with E-state index in [4.69, 9.17) is 4.98 Å². The largest absolute Gasteiger partial charge is 0.347 e. The highest BCUT2D eigenvalue weighted by Crippen LogP contribution is 2.34. The van der Waals surface area contributed by atoms with Gasteiger partial charge in [-0.3, -0.25) is 9.89 Å². The molecule has 1 unspecified atom stereocenters. The molecule has 0 saturated carbocycles. The van der Waals surface area contributed by atoms with Gasteiger partial charge in [-0.1, -0.05) is 12.1 Å². The summed E-state index contributed by atoms with van der Waals surface area (Å²) in [6.45, 7) is 3.13. The van der Waals surface area contributed by atoms with Crippen molar-refractivity contribution >= 4 is 11.9 Å². The first-order valence-electron chi connectivity index (χ1n) is 10.0. The number of aromatic nitrogens is 4. The maximum Gasteiger partial charge on any atom is 0.257 e. The van der Waals surface area contributed by atoms with Crippen LogP contribution in [0.15, 0.2) is 36.7 Å². The second kappa shape index (κ2) is 8.22. The molecule has 1 aliphatic rings. The number of hydrogen-bond donors (Lipinski definition) is 1. The summed E-state index contributed by atoms with van der Waals surface area (Å²) in [5.41, 5.74) is 4.00. The van der Waals surface area contributed by atoms with Gasteiger partial charge in [0.1, 0.15) is 5.82 Å². The van der Waals surface area contributed by atoms with Gasteiger partial charge >= 0.3 is 0 Å². The molecular formula is C22H25FN6O. The van der Waals surface area contributed by atoms with Crippen LogP contribution in [0.25, 0.3) is 11.1 Å². The van der Waals surface area contributed by atoms with E-state index in [1.807, 2.05) is 30.8 Å². The number of anilines is 1. The van der Waals surface area contributed by atoms with Crippen molar-refractivity contribution in [2.45, 2.75) is 25.7 Å². The molecular weight excluding hydrogens is 383 g/mol. The van der Waals surface area contributed by atoms with Crippen molar-refractivity contribution in [2.75, 3.05) is 32.1 Å². The average Bonchev–Trinajstić information content (AvgIpc) is 3.19. The van der Waals surface area contributed by atoms with E-state index < -0.39 is 0 Å². The van der Waals surface area contributed by atoms with Gasteiger partial charge < -0.3 is 9.80 Å². The summed E-state index contributed by atoms with van der Waals surface area (Å²) in [4.78, 5) is 26.0. The van der Waals surface area contributed by atoms with Crippen molar-refractivity contribution in [3.63, 3.8) is 0 Å². The summed E-state index contributed by atoms with van der Waals surface area (Å²) in [7, 11) is 3.80. The Morgan fingerprint density at radius 1 is 1.23 bits per heavy atom. The SMILES string of the molecule is Cc1[nH]ncc1C(=O)N1CCCC(c2nc(N(C)C)ncc2-c2ccc(F)cc2)C1. The van der Waals surface area contributed by atoms with Crippen molar-refractivity contribution in [1.29, 1.82) is 0 Å². The number of aryl methyl sites for hydroxylation is 1. The summed E-state index contributed by atoms with van der Waals surface area (Å²) in [5, 5.41) is 6.81. The third kappa shape index (κ3) is 3.90. The molecule has 156 valence electrons. The van der Waals surface area contributed by atoms with E-state index in [2.05, 4.69) is 15.2 Å². The summed E-state index contributed by atoms with van der Waals surface area (Å²) < 4.78 is 13.4. The lowest BCUT2D eigenvalue weighted by molar-refractivity contribution is 0.0705. The lowest BCUT2D eigenvalue weighted by Gasteiger charge is -2.33. The molecule has 0 aliphatic carbocycles. The lowest BCUT2D eigenvalue weighted by Crippen LogP contribution is -2.39. The first-order valence-corrected chi connectivity index (χ1v) is 10.0. The number of carbonyl (C=O) groups excluding carboxylic acids is 1.